The molecule has 2 saturated heterocycles. The molecule has 2 fully saturated rings. The Morgan fingerprint density at radius 1 is 1.30 bits per heavy atom. The van der Waals surface area contributed by atoms with Gasteiger partial charge in [-0.3, -0.25) is 9.80 Å². The predicted molar refractivity (Wildman–Crippen MR) is 80.7 cm³/mol. The van der Waals surface area contributed by atoms with Crippen molar-refractivity contribution < 1.29 is 4.42 Å². The van der Waals surface area contributed by atoms with Crippen LogP contribution >= 0.6 is 0 Å². The molecule has 1 aromatic rings. The number of nitrogens with one attached hydrogen (secondary N) is 1. The molecule has 20 heavy (non-hydrogen) atoms. The van der Waals surface area contributed by atoms with Crippen molar-refractivity contribution >= 4 is 0 Å². The van der Waals surface area contributed by atoms with Gasteiger partial charge in [0.1, 0.15) is 11.5 Å². The van der Waals surface area contributed by atoms with Crippen LogP contribution in [0.1, 0.15) is 36.3 Å². The van der Waals surface area contributed by atoms with Gasteiger partial charge in [-0.2, -0.15) is 0 Å². The molecule has 0 radical (unpaired) electrons. The Bertz CT molecular complexity index is 443. The third-order valence-corrected chi connectivity index (χ3v) is 4.71. The van der Waals surface area contributed by atoms with Crippen molar-refractivity contribution in [2.45, 2.75) is 45.3 Å². The van der Waals surface area contributed by atoms with E-state index in [2.05, 4.69) is 28.1 Å². The van der Waals surface area contributed by atoms with Crippen LogP contribution in [0.2, 0.25) is 0 Å². The Labute approximate surface area is 122 Å². The maximum absolute atomic E-state index is 5.98. The third kappa shape index (κ3) is 3.08. The minimum atomic E-state index is 0.783. The molecular formula is C16H27N3O. The summed E-state index contributed by atoms with van der Waals surface area (Å²) in [5.41, 5.74) is 1.27. The van der Waals surface area contributed by atoms with Gasteiger partial charge >= 0.3 is 0 Å². The van der Waals surface area contributed by atoms with Gasteiger partial charge in [0.05, 0.1) is 13.1 Å². The van der Waals surface area contributed by atoms with Crippen molar-refractivity contribution in [3.8, 4) is 0 Å². The molecule has 4 nitrogen and oxygen atoms in total. The molecule has 1 aromatic heterocycles. The molecule has 0 saturated carbocycles. The summed E-state index contributed by atoms with van der Waals surface area (Å²) in [6, 6.07) is 2.99. The van der Waals surface area contributed by atoms with Crippen LogP contribution in [-0.2, 0) is 13.1 Å². The number of rotatable bonds is 4. The van der Waals surface area contributed by atoms with Crippen LogP contribution < -0.4 is 5.32 Å². The minimum absolute atomic E-state index is 0.783. The van der Waals surface area contributed by atoms with E-state index in [0.717, 1.165) is 30.7 Å². The lowest BCUT2D eigenvalue weighted by atomic mass is 9.99. The third-order valence-electron chi connectivity index (χ3n) is 4.71. The normalized spacial score (nSPS) is 24.8. The van der Waals surface area contributed by atoms with E-state index in [1.165, 1.54) is 51.0 Å². The van der Waals surface area contributed by atoms with Crippen LogP contribution in [0.3, 0.4) is 0 Å². The summed E-state index contributed by atoms with van der Waals surface area (Å²) in [5, 5.41) is 3.16. The van der Waals surface area contributed by atoms with E-state index in [1.807, 2.05) is 7.05 Å². The van der Waals surface area contributed by atoms with Crippen molar-refractivity contribution in [3.63, 3.8) is 0 Å². The van der Waals surface area contributed by atoms with Crippen molar-refractivity contribution in [2.75, 3.05) is 33.2 Å². The van der Waals surface area contributed by atoms with Crippen molar-refractivity contribution in [3.05, 3.63) is 23.2 Å². The predicted octanol–water partition coefficient (Wildman–Crippen LogP) is 1.98. The van der Waals surface area contributed by atoms with E-state index in [4.69, 9.17) is 4.42 Å². The number of hydrogen-bond acceptors (Lipinski definition) is 4. The smallest absolute Gasteiger partial charge is 0.120 e. The van der Waals surface area contributed by atoms with E-state index in [1.54, 1.807) is 0 Å². The molecule has 1 atom stereocenters. The highest BCUT2D eigenvalue weighted by Crippen LogP contribution is 2.23. The van der Waals surface area contributed by atoms with Gasteiger partial charge < -0.3 is 9.73 Å². The second-order valence-corrected chi connectivity index (χ2v) is 6.27. The van der Waals surface area contributed by atoms with Gasteiger partial charge in [0.2, 0.25) is 0 Å². The number of piperazine rings is 1. The minimum Gasteiger partial charge on any atom is -0.463 e. The Morgan fingerprint density at radius 3 is 3.05 bits per heavy atom. The Balaban J connectivity index is 1.59. The number of piperidine rings is 1. The first-order valence-corrected chi connectivity index (χ1v) is 7.95. The molecule has 0 aromatic carbocycles. The van der Waals surface area contributed by atoms with E-state index in [-0.39, 0.29) is 0 Å². The average molecular weight is 277 g/mol. The fourth-order valence-corrected chi connectivity index (χ4v) is 3.59. The fourth-order valence-electron chi connectivity index (χ4n) is 3.59. The number of fused-ring (bicyclic) bond motifs is 1. The Hall–Kier alpha value is -0.840. The molecule has 2 aliphatic heterocycles. The lowest BCUT2D eigenvalue weighted by Crippen LogP contribution is -2.54. The summed E-state index contributed by atoms with van der Waals surface area (Å²) in [6.45, 7) is 8.85. The molecule has 0 spiro atoms. The fraction of sp³-hybridized carbons (Fsp3) is 0.750. The summed E-state index contributed by atoms with van der Waals surface area (Å²) in [5.74, 6) is 2.20. The van der Waals surface area contributed by atoms with Gasteiger partial charge in [0.15, 0.2) is 0 Å². The number of hydrogen-bond donors (Lipinski definition) is 1. The summed E-state index contributed by atoms with van der Waals surface area (Å²) in [4.78, 5) is 5.24. The molecule has 1 N–H and O–H groups in total. The highest BCUT2D eigenvalue weighted by atomic mass is 16.3. The maximum atomic E-state index is 5.98. The standard InChI is InChI=1S/C16H27N3O/c1-13-9-15(20-16(13)10-17-2)12-18-7-8-19-6-4-3-5-14(19)11-18/h9,14,17H,3-8,10-12H2,1-2H3. The average Bonchev–Trinajstić information content (AvgIpc) is 2.79. The molecule has 0 bridgehead atoms. The van der Waals surface area contributed by atoms with Gasteiger partial charge in [-0.05, 0) is 45.0 Å². The molecule has 3 heterocycles. The second-order valence-electron chi connectivity index (χ2n) is 6.27. The highest BCUT2D eigenvalue weighted by molar-refractivity contribution is 5.20. The number of furan rings is 1. The summed E-state index contributed by atoms with van der Waals surface area (Å²) in [7, 11) is 1.96. The molecule has 2 aliphatic rings. The van der Waals surface area contributed by atoms with E-state index < -0.39 is 0 Å². The van der Waals surface area contributed by atoms with Crippen LogP contribution in [0.5, 0.6) is 0 Å². The second kappa shape index (κ2) is 6.29. The van der Waals surface area contributed by atoms with E-state index in [0.29, 0.717) is 0 Å². The zero-order valence-corrected chi connectivity index (χ0v) is 12.8. The Kier molecular flexibility index (Phi) is 4.44. The van der Waals surface area contributed by atoms with Gasteiger partial charge in [0.25, 0.3) is 0 Å². The quantitative estimate of drug-likeness (QED) is 0.912. The van der Waals surface area contributed by atoms with Crippen molar-refractivity contribution in [2.24, 2.45) is 0 Å². The first-order valence-electron chi connectivity index (χ1n) is 7.95. The lowest BCUT2D eigenvalue weighted by Gasteiger charge is -2.43. The molecular weight excluding hydrogens is 250 g/mol. The SMILES string of the molecule is CNCc1oc(CN2CCN3CCCCC3C2)cc1C. The van der Waals surface area contributed by atoms with Crippen molar-refractivity contribution in [1.29, 1.82) is 0 Å². The van der Waals surface area contributed by atoms with Crippen LogP contribution in [0.4, 0.5) is 0 Å². The zero-order chi connectivity index (χ0) is 13.9. The number of nitrogens with zero attached hydrogens (tertiary/aromatic N) is 2. The van der Waals surface area contributed by atoms with Crippen LogP contribution in [-0.4, -0.2) is 49.1 Å². The zero-order valence-electron chi connectivity index (χ0n) is 12.8. The summed E-state index contributed by atoms with van der Waals surface area (Å²) >= 11 is 0. The molecule has 4 heteroatoms. The first kappa shape index (κ1) is 14.1. The first-order chi connectivity index (χ1) is 9.76. The molecule has 3 rings (SSSR count). The topological polar surface area (TPSA) is 31.7 Å². The van der Waals surface area contributed by atoms with E-state index >= 15 is 0 Å². The van der Waals surface area contributed by atoms with Gasteiger partial charge in [-0.15, -0.1) is 0 Å². The van der Waals surface area contributed by atoms with Crippen LogP contribution in [0.15, 0.2) is 10.5 Å². The highest BCUT2D eigenvalue weighted by Gasteiger charge is 2.29. The lowest BCUT2D eigenvalue weighted by molar-refractivity contribution is 0.0424. The number of aryl methyl sites for hydroxylation is 1. The largest absolute Gasteiger partial charge is 0.463 e. The Morgan fingerprint density at radius 2 is 2.20 bits per heavy atom. The van der Waals surface area contributed by atoms with Crippen LogP contribution in [0.25, 0.3) is 0 Å². The summed E-state index contributed by atoms with van der Waals surface area (Å²) < 4.78 is 5.98. The van der Waals surface area contributed by atoms with Crippen LogP contribution in [0, 0.1) is 6.92 Å². The molecule has 1 unspecified atom stereocenters. The van der Waals surface area contributed by atoms with E-state index in [9.17, 15) is 0 Å². The maximum Gasteiger partial charge on any atom is 0.120 e. The summed E-state index contributed by atoms with van der Waals surface area (Å²) in [6.07, 6.45) is 4.17. The van der Waals surface area contributed by atoms with Gasteiger partial charge in [-0.25, -0.2) is 0 Å². The molecule has 112 valence electrons. The monoisotopic (exact) mass is 277 g/mol. The van der Waals surface area contributed by atoms with Crippen molar-refractivity contribution in [1.82, 2.24) is 15.1 Å². The van der Waals surface area contributed by atoms with Gasteiger partial charge in [0, 0.05) is 25.7 Å². The molecule has 0 aliphatic carbocycles. The molecule has 0 amide bonds. The van der Waals surface area contributed by atoms with Gasteiger partial charge in [-0.1, -0.05) is 6.42 Å².